The summed E-state index contributed by atoms with van der Waals surface area (Å²) in [5.41, 5.74) is 2.59. The van der Waals surface area contributed by atoms with Crippen LogP contribution in [0.15, 0.2) is 12.3 Å². The molecule has 0 aromatic carbocycles. The van der Waals surface area contributed by atoms with Gasteiger partial charge in [0.1, 0.15) is 5.82 Å². The first kappa shape index (κ1) is 8.71. The first-order valence-corrected chi connectivity index (χ1v) is 3.85. The molecule has 0 spiro atoms. The predicted molar refractivity (Wildman–Crippen MR) is 50.4 cm³/mol. The van der Waals surface area contributed by atoms with Crippen LogP contribution in [0, 0.1) is 12.3 Å². The van der Waals surface area contributed by atoms with Crippen LogP contribution in [0.25, 0.3) is 5.57 Å². The van der Waals surface area contributed by atoms with Crippen molar-refractivity contribution in [1.29, 1.82) is 5.41 Å². The molecule has 3 heteroatoms. The van der Waals surface area contributed by atoms with Gasteiger partial charge in [-0.05, 0) is 32.4 Å². The molecule has 0 saturated carbocycles. The Morgan fingerprint density at radius 2 is 2.25 bits per heavy atom. The lowest BCUT2D eigenvalue weighted by Crippen LogP contribution is -1.85. The average molecular weight is 163 g/mol. The van der Waals surface area contributed by atoms with Crippen molar-refractivity contribution in [3.8, 4) is 0 Å². The van der Waals surface area contributed by atoms with E-state index in [-0.39, 0.29) is 0 Å². The van der Waals surface area contributed by atoms with Crippen molar-refractivity contribution in [2.75, 3.05) is 0 Å². The second kappa shape index (κ2) is 3.34. The smallest absolute Gasteiger partial charge is 0.103 e. The highest BCUT2D eigenvalue weighted by molar-refractivity contribution is 5.96. The number of imidazole rings is 1. The highest BCUT2D eigenvalue weighted by Crippen LogP contribution is 2.10. The molecule has 1 heterocycles. The maximum absolute atomic E-state index is 7.27. The molecule has 0 radical (unpaired) electrons. The van der Waals surface area contributed by atoms with E-state index in [0.29, 0.717) is 5.71 Å². The molecule has 1 aromatic heterocycles. The Labute approximate surface area is 72.0 Å². The van der Waals surface area contributed by atoms with Crippen LogP contribution in [0.5, 0.6) is 0 Å². The summed E-state index contributed by atoms with van der Waals surface area (Å²) in [6.45, 7) is 5.63. The molecule has 12 heavy (non-hydrogen) atoms. The fraction of sp³-hybridized carbons (Fsp3) is 0.333. The standard InChI is InChI=1S/C9H13N3/c1-6(4-7(2)10)9-5-11-8(3)12-9/h4-5,10H,1-3H3,(H,11,12)/b6-4-,10-7?. The molecule has 0 unspecified atom stereocenters. The van der Waals surface area contributed by atoms with Crippen LogP contribution in [0.1, 0.15) is 25.4 Å². The van der Waals surface area contributed by atoms with Gasteiger partial charge in [-0.2, -0.15) is 0 Å². The second-order valence-electron chi connectivity index (χ2n) is 2.89. The number of rotatable bonds is 2. The van der Waals surface area contributed by atoms with Crippen LogP contribution in [-0.4, -0.2) is 15.7 Å². The summed E-state index contributed by atoms with van der Waals surface area (Å²) in [6, 6.07) is 0. The summed E-state index contributed by atoms with van der Waals surface area (Å²) in [5.74, 6) is 0.903. The van der Waals surface area contributed by atoms with Crippen LogP contribution in [0.4, 0.5) is 0 Å². The van der Waals surface area contributed by atoms with Crippen molar-refractivity contribution in [3.63, 3.8) is 0 Å². The molecule has 0 aliphatic rings. The van der Waals surface area contributed by atoms with Crippen molar-refractivity contribution in [3.05, 3.63) is 23.8 Å². The molecule has 0 aliphatic carbocycles. The Balaban J connectivity index is 2.91. The van der Waals surface area contributed by atoms with Gasteiger partial charge in [0.05, 0.1) is 11.9 Å². The largest absolute Gasteiger partial charge is 0.343 e. The Morgan fingerprint density at radius 1 is 1.58 bits per heavy atom. The molecule has 0 bridgehead atoms. The number of nitrogens with one attached hydrogen (secondary N) is 2. The number of H-pyrrole nitrogens is 1. The van der Waals surface area contributed by atoms with Gasteiger partial charge in [0.2, 0.25) is 0 Å². The lowest BCUT2D eigenvalue weighted by molar-refractivity contribution is 1.14. The van der Waals surface area contributed by atoms with Gasteiger partial charge in [-0.25, -0.2) is 4.98 Å². The van der Waals surface area contributed by atoms with Crippen LogP contribution in [-0.2, 0) is 0 Å². The van der Waals surface area contributed by atoms with Crippen molar-refractivity contribution in [1.82, 2.24) is 9.97 Å². The molecule has 0 saturated heterocycles. The monoisotopic (exact) mass is 163 g/mol. The summed E-state index contributed by atoms with van der Waals surface area (Å²) in [5, 5.41) is 7.27. The zero-order valence-electron chi connectivity index (χ0n) is 7.60. The molecule has 1 rings (SSSR count). The van der Waals surface area contributed by atoms with E-state index in [1.165, 1.54) is 0 Å². The minimum absolute atomic E-state index is 0.555. The van der Waals surface area contributed by atoms with E-state index in [4.69, 9.17) is 5.41 Å². The Hall–Kier alpha value is -1.38. The van der Waals surface area contributed by atoms with E-state index < -0.39 is 0 Å². The van der Waals surface area contributed by atoms with Crippen LogP contribution in [0.2, 0.25) is 0 Å². The first-order chi connectivity index (χ1) is 5.59. The Kier molecular flexibility index (Phi) is 2.43. The topological polar surface area (TPSA) is 52.5 Å². The molecular weight excluding hydrogens is 150 g/mol. The molecular formula is C9H13N3. The zero-order valence-corrected chi connectivity index (χ0v) is 7.60. The van der Waals surface area contributed by atoms with Gasteiger partial charge < -0.3 is 10.4 Å². The van der Waals surface area contributed by atoms with Crippen LogP contribution < -0.4 is 0 Å². The Morgan fingerprint density at radius 3 is 2.67 bits per heavy atom. The van der Waals surface area contributed by atoms with Gasteiger partial charge in [-0.1, -0.05) is 0 Å². The number of aromatic nitrogens is 2. The SMILES string of the molecule is CC(=N)/C=C(/C)c1cnc(C)[nH]1. The van der Waals surface area contributed by atoms with Crippen LogP contribution >= 0.6 is 0 Å². The van der Waals surface area contributed by atoms with Gasteiger partial charge in [0, 0.05) is 5.71 Å². The molecule has 0 amide bonds. The predicted octanol–water partition coefficient (Wildman–Crippen LogP) is 2.16. The van der Waals surface area contributed by atoms with E-state index in [1.807, 2.05) is 19.9 Å². The first-order valence-electron chi connectivity index (χ1n) is 3.85. The third-order valence-corrected chi connectivity index (χ3v) is 1.56. The summed E-state index contributed by atoms with van der Waals surface area (Å²) >= 11 is 0. The minimum atomic E-state index is 0.555. The number of nitrogens with zero attached hydrogens (tertiary/aromatic N) is 1. The summed E-state index contributed by atoms with van der Waals surface area (Å²) in [4.78, 5) is 7.18. The van der Waals surface area contributed by atoms with E-state index >= 15 is 0 Å². The zero-order chi connectivity index (χ0) is 9.14. The maximum Gasteiger partial charge on any atom is 0.103 e. The molecule has 2 N–H and O–H groups in total. The van der Waals surface area contributed by atoms with E-state index in [9.17, 15) is 0 Å². The lowest BCUT2D eigenvalue weighted by Gasteiger charge is -1.94. The molecule has 64 valence electrons. The normalized spacial score (nSPS) is 11.8. The summed E-state index contributed by atoms with van der Waals surface area (Å²) < 4.78 is 0. The van der Waals surface area contributed by atoms with Crippen molar-refractivity contribution < 1.29 is 0 Å². The highest BCUT2D eigenvalue weighted by Gasteiger charge is 1.98. The van der Waals surface area contributed by atoms with Crippen molar-refractivity contribution >= 4 is 11.3 Å². The highest BCUT2D eigenvalue weighted by atomic mass is 14.9. The number of hydrogen-bond donors (Lipinski definition) is 2. The quantitative estimate of drug-likeness (QED) is 0.645. The van der Waals surface area contributed by atoms with Gasteiger partial charge in [-0.15, -0.1) is 0 Å². The number of hydrogen-bond acceptors (Lipinski definition) is 2. The van der Waals surface area contributed by atoms with Gasteiger partial charge in [-0.3, -0.25) is 0 Å². The van der Waals surface area contributed by atoms with Crippen molar-refractivity contribution in [2.45, 2.75) is 20.8 Å². The van der Waals surface area contributed by atoms with E-state index in [2.05, 4.69) is 9.97 Å². The van der Waals surface area contributed by atoms with E-state index in [0.717, 1.165) is 17.1 Å². The number of aryl methyl sites for hydroxylation is 1. The van der Waals surface area contributed by atoms with Crippen molar-refractivity contribution in [2.24, 2.45) is 0 Å². The average Bonchev–Trinajstić information content (AvgIpc) is 2.34. The van der Waals surface area contributed by atoms with E-state index in [1.54, 1.807) is 13.1 Å². The fourth-order valence-corrected chi connectivity index (χ4v) is 1.02. The Bertz CT molecular complexity index is 320. The molecule has 1 aromatic rings. The summed E-state index contributed by atoms with van der Waals surface area (Å²) in [6.07, 6.45) is 3.59. The van der Waals surface area contributed by atoms with Gasteiger partial charge in [0.25, 0.3) is 0 Å². The van der Waals surface area contributed by atoms with Crippen LogP contribution in [0.3, 0.4) is 0 Å². The number of allylic oxidation sites excluding steroid dienone is 2. The minimum Gasteiger partial charge on any atom is -0.343 e. The third-order valence-electron chi connectivity index (χ3n) is 1.56. The molecule has 0 aliphatic heterocycles. The second-order valence-corrected chi connectivity index (χ2v) is 2.89. The molecule has 0 atom stereocenters. The van der Waals surface area contributed by atoms with Gasteiger partial charge in [0.15, 0.2) is 0 Å². The third kappa shape index (κ3) is 2.05. The molecule has 3 nitrogen and oxygen atoms in total. The lowest BCUT2D eigenvalue weighted by atomic mass is 10.2. The van der Waals surface area contributed by atoms with Gasteiger partial charge >= 0.3 is 0 Å². The number of aromatic amines is 1. The fourth-order valence-electron chi connectivity index (χ4n) is 1.02. The summed E-state index contributed by atoms with van der Waals surface area (Å²) in [7, 11) is 0. The maximum atomic E-state index is 7.27. The molecule has 0 fully saturated rings.